The van der Waals surface area contributed by atoms with Crippen molar-refractivity contribution in [3.05, 3.63) is 23.8 Å². The van der Waals surface area contributed by atoms with E-state index in [0.29, 0.717) is 5.75 Å². The third-order valence-electron chi connectivity index (χ3n) is 2.02. The van der Waals surface area contributed by atoms with Crippen molar-refractivity contribution in [3.63, 3.8) is 0 Å². The van der Waals surface area contributed by atoms with E-state index in [-0.39, 0.29) is 5.75 Å². The number of methoxy groups -OCH3 is 1. The molecule has 1 aromatic rings. The van der Waals surface area contributed by atoms with E-state index in [2.05, 4.69) is 11.2 Å². The first-order valence-corrected chi connectivity index (χ1v) is 4.78. The van der Waals surface area contributed by atoms with Gasteiger partial charge in [0.05, 0.1) is 7.11 Å². The van der Waals surface area contributed by atoms with Gasteiger partial charge in [-0.15, -0.1) is 12.3 Å². The lowest BCUT2D eigenvalue weighted by Crippen LogP contribution is -2.14. The average molecular weight is 205 g/mol. The minimum Gasteiger partial charge on any atom is -0.504 e. The summed E-state index contributed by atoms with van der Waals surface area (Å²) < 4.78 is 5.00. The van der Waals surface area contributed by atoms with Crippen LogP contribution in [0.1, 0.15) is 12.0 Å². The molecule has 0 heterocycles. The molecule has 1 aromatic carbocycles. The molecule has 0 aromatic heterocycles. The van der Waals surface area contributed by atoms with Crippen molar-refractivity contribution in [1.82, 2.24) is 5.32 Å². The van der Waals surface area contributed by atoms with E-state index in [1.807, 2.05) is 6.07 Å². The molecule has 3 heteroatoms. The zero-order valence-corrected chi connectivity index (χ0v) is 8.79. The molecule has 0 fully saturated rings. The molecule has 0 aliphatic carbocycles. The van der Waals surface area contributed by atoms with Gasteiger partial charge in [0.15, 0.2) is 11.5 Å². The second kappa shape index (κ2) is 5.94. The molecule has 0 unspecified atom stereocenters. The molecule has 0 saturated heterocycles. The van der Waals surface area contributed by atoms with Gasteiger partial charge >= 0.3 is 0 Å². The predicted octanol–water partition coefficient (Wildman–Crippen LogP) is 1.51. The topological polar surface area (TPSA) is 41.5 Å². The van der Waals surface area contributed by atoms with Crippen molar-refractivity contribution in [2.45, 2.75) is 13.0 Å². The van der Waals surface area contributed by atoms with Crippen LogP contribution in [0.15, 0.2) is 18.2 Å². The quantitative estimate of drug-likeness (QED) is 0.565. The Labute approximate surface area is 90.1 Å². The lowest BCUT2D eigenvalue weighted by atomic mass is 10.2. The lowest BCUT2D eigenvalue weighted by Gasteiger charge is -2.07. The Bertz CT molecular complexity index is 355. The zero-order valence-electron chi connectivity index (χ0n) is 8.79. The number of benzene rings is 1. The Morgan fingerprint density at radius 3 is 3.00 bits per heavy atom. The summed E-state index contributed by atoms with van der Waals surface area (Å²) in [6, 6.07) is 5.27. The molecule has 0 aliphatic rings. The third kappa shape index (κ3) is 3.53. The molecule has 0 radical (unpaired) electrons. The van der Waals surface area contributed by atoms with Gasteiger partial charge in [-0.25, -0.2) is 0 Å². The van der Waals surface area contributed by atoms with Crippen LogP contribution in [0.25, 0.3) is 0 Å². The maximum Gasteiger partial charge on any atom is 0.160 e. The van der Waals surface area contributed by atoms with Gasteiger partial charge in [-0.05, 0) is 17.7 Å². The first-order chi connectivity index (χ1) is 7.27. The SMILES string of the molecule is C#CCCNCc1ccc(O)c(OC)c1. The van der Waals surface area contributed by atoms with Gasteiger partial charge in [-0.1, -0.05) is 6.07 Å². The van der Waals surface area contributed by atoms with Gasteiger partial charge in [0.2, 0.25) is 0 Å². The summed E-state index contributed by atoms with van der Waals surface area (Å²) in [5.74, 6) is 3.21. The largest absolute Gasteiger partial charge is 0.504 e. The maximum atomic E-state index is 9.37. The van der Waals surface area contributed by atoms with Crippen LogP contribution >= 0.6 is 0 Å². The third-order valence-corrected chi connectivity index (χ3v) is 2.02. The van der Waals surface area contributed by atoms with Crippen LogP contribution < -0.4 is 10.1 Å². The standard InChI is InChI=1S/C12H15NO2/c1-3-4-7-13-9-10-5-6-11(14)12(8-10)15-2/h1,5-6,8,13-14H,4,7,9H2,2H3. The number of hydrogen-bond acceptors (Lipinski definition) is 3. The Hall–Kier alpha value is -1.66. The van der Waals surface area contributed by atoms with E-state index in [1.54, 1.807) is 12.1 Å². The summed E-state index contributed by atoms with van der Waals surface area (Å²) in [5, 5.41) is 12.6. The minimum atomic E-state index is 0.157. The van der Waals surface area contributed by atoms with Crippen LogP contribution in [-0.4, -0.2) is 18.8 Å². The number of ether oxygens (including phenoxy) is 1. The van der Waals surface area contributed by atoms with Crippen LogP contribution in [0.5, 0.6) is 11.5 Å². The first-order valence-electron chi connectivity index (χ1n) is 4.78. The van der Waals surface area contributed by atoms with E-state index in [9.17, 15) is 5.11 Å². The van der Waals surface area contributed by atoms with Gasteiger partial charge in [-0.3, -0.25) is 0 Å². The second-order valence-corrected chi connectivity index (χ2v) is 3.14. The number of hydrogen-bond donors (Lipinski definition) is 2. The van der Waals surface area contributed by atoms with Crippen molar-refractivity contribution in [1.29, 1.82) is 0 Å². The predicted molar refractivity (Wildman–Crippen MR) is 59.8 cm³/mol. The maximum absolute atomic E-state index is 9.37. The molecular weight excluding hydrogens is 190 g/mol. The molecule has 0 amide bonds. The molecule has 80 valence electrons. The molecule has 2 N–H and O–H groups in total. The second-order valence-electron chi connectivity index (χ2n) is 3.14. The van der Waals surface area contributed by atoms with Crippen molar-refractivity contribution in [3.8, 4) is 23.8 Å². The number of aromatic hydroxyl groups is 1. The van der Waals surface area contributed by atoms with Crippen LogP contribution in [0, 0.1) is 12.3 Å². The van der Waals surface area contributed by atoms with Crippen molar-refractivity contribution >= 4 is 0 Å². The fourth-order valence-electron chi connectivity index (χ4n) is 1.23. The van der Waals surface area contributed by atoms with Gasteiger partial charge in [0.25, 0.3) is 0 Å². The summed E-state index contributed by atoms with van der Waals surface area (Å²) in [7, 11) is 1.53. The Balaban J connectivity index is 2.52. The highest BCUT2D eigenvalue weighted by atomic mass is 16.5. The Morgan fingerprint density at radius 1 is 1.53 bits per heavy atom. The number of terminal acetylenes is 1. The van der Waals surface area contributed by atoms with Crippen LogP contribution in [-0.2, 0) is 6.54 Å². The summed E-state index contributed by atoms with van der Waals surface area (Å²) in [5.41, 5.74) is 1.06. The lowest BCUT2D eigenvalue weighted by molar-refractivity contribution is 0.373. The average Bonchev–Trinajstić information content (AvgIpc) is 2.26. The minimum absolute atomic E-state index is 0.157. The molecule has 0 atom stereocenters. The van der Waals surface area contributed by atoms with Gasteiger partial charge in [0, 0.05) is 19.5 Å². The normalized spacial score (nSPS) is 9.60. The molecule has 0 saturated carbocycles. The van der Waals surface area contributed by atoms with E-state index in [1.165, 1.54) is 7.11 Å². The van der Waals surface area contributed by atoms with Gasteiger partial charge in [0.1, 0.15) is 0 Å². The molecule has 3 nitrogen and oxygen atoms in total. The van der Waals surface area contributed by atoms with Crippen molar-refractivity contribution in [2.75, 3.05) is 13.7 Å². The molecule has 15 heavy (non-hydrogen) atoms. The molecule has 0 spiro atoms. The van der Waals surface area contributed by atoms with Gasteiger partial charge in [-0.2, -0.15) is 0 Å². The van der Waals surface area contributed by atoms with E-state index in [4.69, 9.17) is 11.2 Å². The fourth-order valence-corrected chi connectivity index (χ4v) is 1.23. The monoisotopic (exact) mass is 205 g/mol. The Kier molecular flexibility index (Phi) is 4.52. The van der Waals surface area contributed by atoms with Gasteiger partial charge < -0.3 is 15.2 Å². The highest BCUT2D eigenvalue weighted by Crippen LogP contribution is 2.25. The molecular formula is C12H15NO2. The van der Waals surface area contributed by atoms with E-state index >= 15 is 0 Å². The van der Waals surface area contributed by atoms with Crippen LogP contribution in [0.3, 0.4) is 0 Å². The van der Waals surface area contributed by atoms with Crippen LogP contribution in [0.2, 0.25) is 0 Å². The number of nitrogens with one attached hydrogen (secondary N) is 1. The summed E-state index contributed by atoms with van der Waals surface area (Å²) in [6.45, 7) is 1.51. The molecule has 0 bridgehead atoms. The van der Waals surface area contributed by atoms with E-state index in [0.717, 1.165) is 25.1 Å². The number of phenolic OH excluding ortho intramolecular Hbond substituents is 1. The van der Waals surface area contributed by atoms with E-state index < -0.39 is 0 Å². The summed E-state index contributed by atoms with van der Waals surface area (Å²) >= 11 is 0. The number of rotatable bonds is 5. The molecule has 0 aliphatic heterocycles. The summed E-state index contributed by atoms with van der Waals surface area (Å²) in [4.78, 5) is 0. The smallest absolute Gasteiger partial charge is 0.160 e. The zero-order chi connectivity index (χ0) is 11.1. The summed E-state index contributed by atoms with van der Waals surface area (Å²) in [6.07, 6.45) is 5.85. The van der Waals surface area contributed by atoms with Crippen LogP contribution in [0.4, 0.5) is 0 Å². The highest BCUT2D eigenvalue weighted by Gasteiger charge is 2.01. The number of phenols is 1. The highest BCUT2D eigenvalue weighted by molar-refractivity contribution is 5.41. The fraction of sp³-hybridized carbons (Fsp3) is 0.333. The van der Waals surface area contributed by atoms with Crippen molar-refractivity contribution in [2.24, 2.45) is 0 Å². The molecule has 1 rings (SSSR count). The van der Waals surface area contributed by atoms with Crippen molar-refractivity contribution < 1.29 is 9.84 Å². The first kappa shape index (κ1) is 11.4. The Morgan fingerprint density at radius 2 is 2.33 bits per heavy atom.